The van der Waals surface area contributed by atoms with Crippen LogP contribution in [0.3, 0.4) is 0 Å². The third-order valence-corrected chi connectivity index (χ3v) is 5.78. The zero-order chi connectivity index (χ0) is 14.0. The van der Waals surface area contributed by atoms with Gasteiger partial charge in [0.1, 0.15) is 0 Å². The Kier molecular flexibility index (Phi) is 4.54. The fourth-order valence-corrected chi connectivity index (χ4v) is 3.90. The molecule has 1 aliphatic carbocycles. The van der Waals surface area contributed by atoms with Gasteiger partial charge in [-0.2, -0.15) is 0 Å². The molecule has 0 atom stereocenters. The van der Waals surface area contributed by atoms with E-state index in [0.717, 1.165) is 24.0 Å². The minimum atomic E-state index is -3.39. The highest BCUT2D eigenvalue weighted by Crippen LogP contribution is 2.31. The van der Waals surface area contributed by atoms with E-state index >= 15 is 0 Å². The van der Waals surface area contributed by atoms with Crippen LogP contribution >= 0.6 is 11.6 Å². The van der Waals surface area contributed by atoms with Crippen LogP contribution in [0, 0.1) is 5.92 Å². The molecular formula is C14H20ClNO2S. The number of sulfonamides is 1. The molecule has 0 spiro atoms. The molecule has 0 saturated heterocycles. The Hall–Kier alpha value is -0.580. The molecule has 0 radical (unpaired) electrons. The zero-order valence-electron chi connectivity index (χ0n) is 11.4. The van der Waals surface area contributed by atoms with Gasteiger partial charge in [0.15, 0.2) is 0 Å². The summed E-state index contributed by atoms with van der Waals surface area (Å²) >= 11 is 5.81. The van der Waals surface area contributed by atoms with E-state index in [0.29, 0.717) is 29.7 Å². The molecule has 106 valence electrons. The van der Waals surface area contributed by atoms with Crippen molar-refractivity contribution in [1.82, 2.24) is 4.31 Å². The maximum atomic E-state index is 12.6. The van der Waals surface area contributed by atoms with Crippen LogP contribution in [0.15, 0.2) is 23.1 Å². The molecule has 1 aromatic carbocycles. The van der Waals surface area contributed by atoms with Gasteiger partial charge in [0.2, 0.25) is 10.0 Å². The molecule has 0 heterocycles. The van der Waals surface area contributed by atoms with Gasteiger partial charge >= 0.3 is 0 Å². The highest BCUT2D eigenvalue weighted by Gasteiger charge is 2.30. The maximum absolute atomic E-state index is 12.6. The van der Waals surface area contributed by atoms with Crippen LogP contribution in [0.1, 0.15) is 30.9 Å². The molecule has 1 aliphatic rings. The number of hydrogen-bond acceptors (Lipinski definition) is 2. The molecule has 2 rings (SSSR count). The monoisotopic (exact) mass is 301 g/mol. The molecule has 0 amide bonds. The predicted molar refractivity (Wildman–Crippen MR) is 77.9 cm³/mol. The van der Waals surface area contributed by atoms with Crippen molar-refractivity contribution in [2.24, 2.45) is 5.92 Å². The largest absolute Gasteiger partial charge is 0.243 e. The first kappa shape index (κ1) is 14.8. The van der Waals surface area contributed by atoms with Crippen LogP contribution in [0.5, 0.6) is 0 Å². The zero-order valence-corrected chi connectivity index (χ0v) is 13.0. The van der Waals surface area contributed by atoms with E-state index in [1.807, 2.05) is 19.1 Å². The summed E-state index contributed by atoms with van der Waals surface area (Å²) < 4.78 is 26.7. The molecule has 5 heteroatoms. The van der Waals surface area contributed by atoms with Crippen molar-refractivity contribution < 1.29 is 8.42 Å². The molecule has 0 unspecified atom stereocenters. The second-order valence-electron chi connectivity index (χ2n) is 5.16. The average molecular weight is 302 g/mol. The Labute approximate surface area is 120 Å². The molecule has 1 saturated carbocycles. The van der Waals surface area contributed by atoms with Gasteiger partial charge in [-0.3, -0.25) is 0 Å². The van der Waals surface area contributed by atoms with Crippen molar-refractivity contribution >= 4 is 21.6 Å². The Morgan fingerprint density at radius 1 is 1.37 bits per heavy atom. The van der Waals surface area contributed by atoms with Crippen molar-refractivity contribution in [2.75, 3.05) is 13.6 Å². The summed E-state index contributed by atoms with van der Waals surface area (Å²) in [6.45, 7) is 2.59. The fraction of sp³-hybridized carbons (Fsp3) is 0.571. The molecule has 0 N–H and O–H groups in total. The average Bonchev–Trinajstić information content (AvgIpc) is 3.21. The van der Waals surface area contributed by atoms with E-state index in [2.05, 4.69) is 0 Å². The first-order chi connectivity index (χ1) is 8.98. The third-order valence-electron chi connectivity index (χ3n) is 3.57. The van der Waals surface area contributed by atoms with E-state index in [1.165, 1.54) is 4.31 Å². The molecule has 0 aliphatic heterocycles. The van der Waals surface area contributed by atoms with Gasteiger partial charge in [-0.1, -0.05) is 19.1 Å². The predicted octanol–water partition coefficient (Wildman–Crippen LogP) is 3.02. The van der Waals surface area contributed by atoms with Gasteiger partial charge in [0, 0.05) is 19.5 Å². The van der Waals surface area contributed by atoms with E-state index in [1.54, 1.807) is 13.1 Å². The maximum Gasteiger partial charge on any atom is 0.243 e. The second kappa shape index (κ2) is 5.81. The Morgan fingerprint density at radius 2 is 2.05 bits per heavy atom. The van der Waals surface area contributed by atoms with Crippen LogP contribution in [0.2, 0.25) is 0 Å². The number of nitrogens with zero attached hydrogens (tertiary/aromatic N) is 1. The van der Waals surface area contributed by atoms with Gasteiger partial charge in [0.05, 0.1) is 4.90 Å². The summed E-state index contributed by atoms with van der Waals surface area (Å²) in [4.78, 5) is 0.413. The Bertz CT molecular complexity index is 553. The lowest BCUT2D eigenvalue weighted by Crippen LogP contribution is -2.29. The van der Waals surface area contributed by atoms with Gasteiger partial charge in [-0.15, -0.1) is 11.6 Å². The number of halogens is 1. The molecular weight excluding hydrogens is 282 g/mol. The van der Waals surface area contributed by atoms with E-state index in [-0.39, 0.29) is 0 Å². The van der Waals surface area contributed by atoms with Gasteiger partial charge < -0.3 is 0 Å². The van der Waals surface area contributed by atoms with Crippen LogP contribution in [-0.2, 0) is 22.3 Å². The summed E-state index contributed by atoms with van der Waals surface area (Å²) in [5.74, 6) is 0.875. The molecule has 0 aromatic heterocycles. The quantitative estimate of drug-likeness (QED) is 0.757. The Balaban J connectivity index is 2.36. The first-order valence-corrected chi connectivity index (χ1v) is 8.60. The minimum absolute atomic E-state index is 0.332. The number of hydrogen-bond donors (Lipinski definition) is 0. The topological polar surface area (TPSA) is 37.4 Å². The second-order valence-corrected chi connectivity index (χ2v) is 7.44. The number of rotatable bonds is 6. The van der Waals surface area contributed by atoms with Crippen molar-refractivity contribution in [3.63, 3.8) is 0 Å². The van der Waals surface area contributed by atoms with Gasteiger partial charge in [-0.25, -0.2) is 12.7 Å². The van der Waals surface area contributed by atoms with E-state index < -0.39 is 10.0 Å². The summed E-state index contributed by atoms with van der Waals surface area (Å²) in [6.07, 6.45) is 2.98. The Morgan fingerprint density at radius 3 is 2.58 bits per heavy atom. The molecule has 3 nitrogen and oxygen atoms in total. The molecule has 1 aromatic rings. The molecule has 0 bridgehead atoms. The summed E-state index contributed by atoms with van der Waals surface area (Å²) in [5.41, 5.74) is 1.70. The van der Waals surface area contributed by atoms with Gasteiger partial charge in [-0.05, 0) is 42.4 Å². The molecule has 19 heavy (non-hydrogen) atoms. The number of benzene rings is 1. The third kappa shape index (κ3) is 3.30. The van der Waals surface area contributed by atoms with Crippen molar-refractivity contribution in [2.45, 2.75) is 37.0 Å². The van der Waals surface area contributed by atoms with Gasteiger partial charge in [0.25, 0.3) is 0 Å². The SMILES string of the molecule is CCc1ccc(CCl)cc1S(=O)(=O)N(C)CC1CC1. The molecule has 1 fully saturated rings. The fourth-order valence-electron chi connectivity index (χ4n) is 2.14. The lowest BCUT2D eigenvalue weighted by Gasteiger charge is -2.19. The van der Waals surface area contributed by atoms with Crippen LogP contribution in [0.25, 0.3) is 0 Å². The van der Waals surface area contributed by atoms with Crippen molar-refractivity contribution in [3.05, 3.63) is 29.3 Å². The van der Waals surface area contributed by atoms with E-state index in [4.69, 9.17) is 11.6 Å². The van der Waals surface area contributed by atoms with E-state index in [9.17, 15) is 8.42 Å². The highest BCUT2D eigenvalue weighted by molar-refractivity contribution is 7.89. The van der Waals surface area contributed by atoms with Crippen LogP contribution < -0.4 is 0 Å². The number of alkyl halides is 1. The smallest absolute Gasteiger partial charge is 0.207 e. The van der Waals surface area contributed by atoms with Crippen LogP contribution in [0.4, 0.5) is 0 Å². The summed E-state index contributed by atoms with van der Waals surface area (Å²) in [7, 11) is -1.73. The lowest BCUT2D eigenvalue weighted by atomic mass is 10.1. The standard InChI is InChI=1S/C14H20ClNO2S/c1-3-13-7-6-12(9-15)8-14(13)19(17,18)16(2)10-11-4-5-11/h6-8,11H,3-5,9-10H2,1-2H3. The highest BCUT2D eigenvalue weighted by atomic mass is 35.5. The number of aryl methyl sites for hydroxylation is 1. The van der Waals surface area contributed by atoms with Crippen molar-refractivity contribution in [3.8, 4) is 0 Å². The first-order valence-electron chi connectivity index (χ1n) is 6.63. The lowest BCUT2D eigenvalue weighted by molar-refractivity contribution is 0.452. The normalized spacial score (nSPS) is 16.0. The summed E-state index contributed by atoms with van der Waals surface area (Å²) in [5, 5.41) is 0. The van der Waals surface area contributed by atoms with Crippen molar-refractivity contribution in [1.29, 1.82) is 0 Å². The van der Waals surface area contributed by atoms with Crippen LogP contribution in [-0.4, -0.2) is 26.3 Å². The summed E-state index contributed by atoms with van der Waals surface area (Å²) in [6, 6.07) is 5.48. The minimum Gasteiger partial charge on any atom is -0.207 e.